The van der Waals surface area contributed by atoms with Gasteiger partial charge in [-0.1, -0.05) is 73.5 Å². The van der Waals surface area contributed by atoms with Gasteiger partial charge in [0.25, 0.3) is 0 Å². The number of methoxy groups -OCH3 is 1. The van der Waals surface area contributed by atoms with Gasteiger partial charge in [0.2, 0.25) is 11.8 Å². The third kappa shape index (κ3) is 6.19. The van der Waals surface area contributed by atoms with Gasteiger partial charge >= 0.3 is 5.97 Å². The van der Waals surface area contributed by atoms with E-state index in [1.165, 1.54) is 7.11 Å². The number of phenolic OH excluding ortho intramolecular Hbond substituents is 1. The van der Waals surface area contributed by atoms with Gasteiger partial charge in [-0.2, -0.15) is 0 Å². The van der Waals surface area contributed by atoms with Crippen molar-refractivity contribution in [2.45, 2.75) is 57.0 Å². The van der Waals surface area contributed by atoms with Gasteiger partial charge in [0.15, 0.2) is 0 Å². The molecule has 1 aliphatic heterocycles. The van der Waals surface area contributed by atoms with Crippen molar-refractivity contribution in [3.8, 4) is 16.9 Å². The van der Waals surface area contributed by atoms with Crippen molar-refractivity contribution in [2.24, 2.45) is 5.92 Å². The van der Waals surface area contributed by atoms with Crippen LogP contribution in [0.3, 0.4) is 0 Å². The van der Waals surface area contributed by atoms with Gasteiger partial charge in [-0.25, -0.2) is 0 Å². The first-order chi connectivity index (χ1) is 19.4. The van der Waals surface area contributed by atoms with Crippen molar-refractivity contribution in [1.29, 1.82) is 0 Å². The maximum atomic E-state index is 14.0. The summed E-state index contributed by atoms with van der Waals surface area (Å²) in [5, 5.41) is 13.3. The molecule has 1 fully saturated rings. The van der Waals surface area contributed by atoms with Crippen LogP contribution in [0.2, 0.25) is 0 Å². The van der Waals surface area contributed by atoms with Gasteiger partial charge in [0, 0.05) is 13.0 Å². The number of hydrogen-bond donors (Lipinski definition) is 2. The SMILES string of the molecule is COC(=O)CC(NC(=O)C1c2cc(O)ccc2CCN1C(=O)CC1CCCC1)c1ccc(-c2ccccc2)cc1. The van der Waals surface area contributed by atoms with Crippen LogP contribution in [0.1, 0.15) is 67.3 Å². The topological polar surface area (TPSA) is 95.9 Å². The van der Waals surface area contributed by atoms with Crippen LogP contribution in [0.25, 0.3) is 11.1 Å². The first kappa shape index (κ1) is 27.4. The van der Waals surface area contributed by atoms with Crippen molar-refractivity contribution >= 4 is 17.8 Å². The van der Waals surface area contributed by atoms with Gasteiger partial charge in [-0.15, -0.1) is 0 Å². The second-order valence-electron chi connectivity index (χ2n) is 10.8. The minimum absolute atomic E-state index is 0.0437. The molecule has 2 N–H and O–H groups in total. The number of nitrogens with one attached hydrogen (secondary N) is 1. The van der Waals surface area contributed by atoms with Crippen LogP contribution in [0, 0.1) is 5.92 Å². The molecule has 7 heteroatoms. The Bertz CT molecular complexity index is 1350. The van der Waals surface area contributed by atoms with Crippen molar-refractivity contribution < 1.29 is 24.2 Å². The zero-order valence-electron chi connectivity index (χ0n) is 22.8. The van der Waals surface area contributed by atoms with E-state index in [4.69, 9.17) is 4.74 Å². The standard InChI is InChI=1S/C33H36N2O5/c1-40-31(38)21-29(26-13-11-24(12-14-26)23-9-3-2-4-10-23)34-33(39)32-28-20-27(36)16-15-25(28)17-18-35(32)30(37)19-22-7-5-6-8-22/h2-4,9-16,20,22,29,32,36H,5-8,17-19,21H2,1H3,(H,34,39). The summed E-state index contributed by atoms with van der Waals surface area (Å²) in [6.45, 7) is 0.425. The van der Waals surface area contributed by atoms with Crippen LogP contribution >= 0.6 is 0 Å². The van der Waals surface area contributed by atoms with E-state index in [2.05, 4.69) is 5.32 Å². The van der Waals surface area contributed by atoms with E-state index < -0.39 is 18.1 Å². The molecule has 3 aromatic rings. The molecule has 0 bridgehead atoms. The Hall–Kier alpha value is -4.13. The molecule has 1 heterocycles. The van der Waals surface area contributed by atoms with Crippen LogP contribution in [-0.4, -0.2) is 41.4 Å². The minimum atomic E-state index is -0.895. The second kappa shape index (κ2) is 12.4. The summed E-state index contributed by atoms with van der Waals surface area (Å²) < 4.78 is 4.94. The predicted octanol–water partition coefficient (Wildman–Crippen LogP) is 5.49. The lowest BCUT2D eigenvalue weighted by Crippen LogP contribution is -2.48. The number of fused-ring (bicyclic) bond motifs is 1. The van der Waals surface area contributed by atoms with E-state index in [9.17, 15) is 19.5 Å². The summed E-state index contributed by atoms with van der Waals surface area (Å²) in [4.78, 5) is 41.6. The average molecular weight is 541 g/mol. The molecule has 2 aliphatic rings. The number of benzene rings is 3. The van der Waals surface area contributed by atoms with Crippen LogP contribution < -0.4 is 5.32 Å². The Kier molecular flexibility index (Phi) is 8.48. The summed E-state index contributed by atoms with van der Waals surface area (Å²) in [5.41, 5.74) is 4.40. The van der Waals surface area contributed by atoms with E-state index in [0.29, 0.717) is 30.9 Å². The maximum absolute atomic E-state index is 14.0. The Balaban J connectivity index is 1.43. The predicted molar refractivity (Wildman–Crippen MR) is 152 cm³/mol. The highest BCUT2D eigenvalue weighted by molar-refractivity contribution is 5.90. The quantitative estimate of drug-likeness (QED) is 0.369. The number of aromatic hydroxyl groups is 1. The third-order valence-electron chi connectivity index (χ3n) is 8.20. The molecule has 5 rings (SSSR count). The number of hydrogen-bond acceptors (Lipinski definition) is 5. The number of esters is 1. The molecule has 0 aromatic heterocycles. The molecule has 208 valence electrons. The molecule has 3 aromatic carbocycles. The first-order valence-electron chi connectivity index (χ1n) is 14.1. The Morgan fingerprint density at radius 2 is 1.68 bits per heavy atom. The van der Waals surface area contributed by atoms with E-state index in [1.807, 2.05) is 60.7 Å². The monoisotopic (exact) mass is 540 g/mol. The number of nitrogens with zero attached hydrogens (tertiary/aromatic N) is 1. The van der Waals surface area contributed by atoms with Crippen LogP contribution in [0.4, 0.5) is 0 Å². The fourth-order valence-corrected chi connectivity index (χ4v) is 6.02. The van der Waals surface area contributed by atoms with E-state index in [-0.39, 0.29) is 24.0 Å². The highest BCUT2D eigenvalue weighted by Gasteiger charge is 2.38. The normalized spacial score (nSPS) is 17.6. The molecule has 1 saturated carbocycles. The molecular weight excluding hydrogens is 504 g/mol. The highest BCUT2D eigenvalue weighted by Crippen LogP contribution is 2.36. The van der Waals surface area contributed by atoms with Gasteiger partial charge in [0.05, 0.1) is 19.6 Å². The molecule has 0 saturated heterocycles. The lowest BCUT2D eigenvalue weighted by Gasteiger charge is -2.37. The van der Waals surface area contributed by atoms with E-state index in [1.54, 1.807) is 17.0 Å². The smallest absolute Gasteiger partial charge is 0.307 e. The summed E-state index contributed by atoms with van der Waals surface area (Å²) in [6, 6.07) is 21.2. The first-order valence-corrected chi connectivity index (χ1v) is 14.1. The molecule has 0 spiro atoms. The summed E-state index contributed by atoms with van der Waals surface area (Å²) >= 11 is 0. The Morgan fingerprint density at radius 3 is 2.38 bits per heavy atom. The Morgan fingerprint density at radius 1 is 0.975 bits per heavy atom. The number of carbonyl (C=O) groups excluding carboxylic acids is 3. The van der Waals surface area contributed by atoms with Gasteiger partial charge in [0.1, 0.15) is 11.8 Å². The van der Waals surface area contributed by atoms with Gasteiger partial charge in [-0.05, 0) is 65.1 Å². The number of rotatable bonds is 8. The molecular formula is C33H36N2O5. The zero-order chi connectivity index (χ0) is 28.1. The molecule has 7 nitrogen and oxygen atoms in total. The maximum Gasteiger partial charge on any atom is 0.307 e. The summed E-state index contributed by atoms with van der Waals surface area (Å²) in [7, 11) is 1.32. The number of carbonyl (C=O) groups is 3. The lowest BCUT2D eigenvalue weighted by molar-refractivity contribution is -0.144. The second-order valence-corrected chi connectivity index (χ2v) is 10.8. The van der Waals surface area contributed by atoms with Crippen LogP contribution in [-0.2, 0) is 25.5 Å². The minimum Gasteiger partial charge on any atom is -0.508 e. The molecule has 1 aliphatic carbocycles. The Labute approximate surface area is 235 Å². The third-order valence-corrected chi connectivity index (χ3v) is 8.20. The van der Waals surface area contributed by atoms with Crippen molar-refractivity contribution in [3.05, 3.63) is 89.5 Å². The van der Waals surface area contributed by atoms with Crippen molar-refractivity contribution in [2.75, 3.05) is 13.7 Å². The fraction of sp³-hybridized carbons (Fsp3) is 0.364. The molecule has 2 unspecified atom stereocenters. The molecule has 2 atom stereocenters. The van der Waals surface area contributed by atoms with Gasteiger partial charge in [-0.3, -0.25) is 14.4 Å². The average Bonchev–Trinajstić information content (AvgIpc) is 3.49. The van der Waals surface area contributed by atoms with Crippen LogP contribution in [0.5, 0.6) is 5.75 Å². The number of ether oxygens (including phenoxy) is 1. The van der Waals surface area contributed by atoms with Crippen molar-refractivity contribution in [3.63, 3.8) is 0 Å². The van der Waals surface area contributed by atoms with Crippen LogP contribution in [0.15, 0.2) is 72.8 Å². The van der Waals surface area contributed by atoms with E-state index in [0.717, 1.165) is 47.9 Å². The summed E-state index contributed by atoms with van der Waals surface area (Å²) in [6.07, 6.45) is 5.32. The fourth-order valence-electron chi connectivity index (χ4n) is 6.02. The molecule has 2 amide bonds. The number of amides is 2. The van der Waals surface area contributed by atoms with Crippen molar-refractivity contribution in [1.82, 2.24) is 10.2 Å². The molecule has 40 heavy (non-hydrogen) atoms. The number of phenols is 1. The van der Waals surface area contributed by atoms with Gasteiger partial charge < -0.3 is 20.1 Å². The summed E-state index contributed by atoms with van der Waals surface area (Å²) in [5.74, 6) is -0.486. The molecule has 0 radical (unpaired) electrons. The zero-order valence-corrected chi connectivity index (χ0v) is 22.8. The lowest BCUT2D eigenvalue weighted by atomic mass is 9.90. The largest absolute Gasteiger partial charge is 0.508 e. The van der Waals surface area contributed by atoms with E-state index >= 15 is 0 Å². The highest BCUT2D eigenvalue weighted by atomic mass is 16.5.